The van der Waals surface area contributed by atoms with Gasteiger partial charge in [-0.25, -0.2) is 0 Å². The molecule has 2 aromatic rings. The van der Waals surface area contributed by atoms with Crippen LogP contribution in [0.3, 0.4) is 0 Å². The van der Waals surface area contributed by atoms with Gasteiger partial charge in [-0.2, -0.15) is 0 Å². The number of likely N-dealkylation sites (tertiary alicyclic amines) is 1. The van der Waals surface area contributed by atoms with Gasteiger partial charge in [0.2, 0.25) is 0 Å². The van der Waals surface area contributed by atoms with Crippen LogP contribution in [-0.4, -0.2) is 65.3 Å². The minimum Gasteiger partial charge on any atom is -0.507 e. The van der Waals surface area contributed by atoms with Gasteiger partial charge < -0.3 is 19.6 Å². The number of nitro benzene ring substituents is 1. The van der Waals surface area contributed by atoms with E-state index in [4.69, 9.17) is 4.74 Å². The van der Waals surface area contributed by atoms with Gasteiger partial charge in [0.1, 0.15) is 18.1 Å². The van der Waals surface area contributed by atoms with Crippen molar-refractivity contribution in [3.63, 3.8) is 0 Å². The molecule has 2 aromatic carbocycles. The minimum atomic E-state index is -0.946. The molecule has 9 heteroatoms. The number of benzene rings is 2. The first-order chi connectivity index (χ1) is 16.2. The number of hydrogen-bond donors (Lipinski definition) is 1. The Bertz CT molecular complexity index is 1120. The van der Waals surface area contributed by atoms with Crippen molar-refractivity contribution in [2.45, 2.75) is 12.5 Å². The van der Waals surface area contributed by atoms with Gasteiger partial charge in [-0.15, -0.1) is 0 Å². The summed E-state index contributed by atoms with van der Waals surface area (Å²) in [5.74, 6) is -1.37. The summed E-state index contributed by atoms with van der Waals surface area (Å²) >= 11 is 0. The second kappa shape index (κ2) is 10.8. The normalized spacial score (nSPS) is 17.3. The highest BCUT2D eigenvalue weighted by Gasteiger charge is 2.46. The molecule has 1 aliphatic rings. The SMILES string of the molecule is C=CCOc1ccc(/C(O)=C2\C(=O)C(=O)N(CCCN(C)C)[C@@H]2c2cccc([N+](=O)[O-])c2)cc1. The number of carbonyl (C=O) groups is 2. The Labute approximate surface area is 197 Å². The smallest absolute Gasteiger partial charge is 0.295 e. The fraction of sp³-hybridized carbons (Fsp3) is 0.280. The van der Waals surface area contributed by atoms with Crippen molar-refractivity contribution in [1.29, 1.82) is 0 Å². The van der Waals surface area contributed by atoms with Crippen molar-refractivity contribution < 1.29 is 24.4 Å². The third-order valence-corrected chi connectivity index (χ3v) is 5.44. The van der Waals surface area contributed by atoms with Crippen LogP contribution in [0.15, 0.2) is 66.8 Å². The van der Waals surface area contributed by atoms with Crippen molar-refractivity contribution >= 4 is 23.1 Å². The lowest BCUT2D eigenvalue weighted by Gasteiger charge is -2.25. The third kappa shape index (κ3) is 5.32. The lowest BCUT2D eigenvalue weighted by molar-refractivity contribution is -0.384. The standard InChI is InChI=1S/C25H27N3O6/c1-4-15-34-20-11-9-17(10-12-20)23(29)21-22(18-7-5-8-19(16-18)28(32)33)27(25(31)24(21)30)14-6-13-26(2)3/h4-5,7-12,16,22,29H,1,6,13-15H2,2-3H3/b23-21+/t22-/m1/s1. The molecule has 0 unspecified atom stereocenters. The lowest BCUT2D eigenvalue weighted by atomic mass is 9.95. The molecule has 178 valence electrons. The van der Waals surface area contributed by atoms with Crippen molar-refractivity contribution in [3.05, 3.63) is 88.0 Å². The van der Waals surface area contributed by atoms with E-state index in [0.29, 0.717) is 36.4 Å². The number of nitrogens with zero attached hydrogens (tertiary/aromatic N) is 3. The van der Waals surface area contributed by atoms with Crippen LogP contribution < -0.4 is 4.74 Å². The van der Waals surface area contributed by atoms with Crippen LogP contribution in [0, 0.1) is 10.1 Å². The molecule has 1 atom stereocenters. The van der Waals surface area contributed by atoms with E-state index in [1.54, 1.807) is 36.4 Å². The Morgan fingerprint density at radius 2 is 1.94 bits per heavy atom. The molecular formula is C25H27N3O6. The van der Waals surface area contributed by atoms with E-state index in [-0.39, 0.29) is 23.6 Å². The molecule has 0 radical (unpaired) electrons. The Kier molecular flexibility index (Phi) is 7.80. The van der Waals surface area contributed by atoms with E-state index in [1.807, 2.05) is 19.0 Å². The average molecular weight is 466 g/mol. The number of aliphatic hydroxyl groups excluding tert-OH is 1. The van der Waals surface area contributed by atoms with E-state index in [0.717, 1.165) is 0 Å². The zero-order chi connectivity index (χ0) is 24.8. The second-order valence-electron chi connectivity index (χ2n) is 8.13. The predicted molar refractivity (Wildman–Crippen MR) is 127 cm³/mol. The Morgan fingerprint density at radius 3 is 2.56 bits per heavy atom. The molecule has 9 nitrogen and oxygen atoms in total. The molecule has 0 aromatic heterocycles. The molecule has 3 rings (SSSR count). The van der Waals surface area contributed by atoms with Gasteiger partial charge in [0.05, 0.1) is 16.5 Å². The largest absolute Gasteiger partial charge is 0.507 e. The van der Waals surface area contributed by atoms with Crippen molar-refractivity contribution in [3.8, 4) is 5.75 Å². The molecule has 0 bridgehead atoms. The first kappa shape index (κ1) is 24.7. The lowest BCUT2D eigenvalue weighted by Crippen LogP contribution is -2.32. The molecule has 0 spiro atoms. The van der Waals surface area contributed by atoms with Crippen LogP contribution in [0.5, 0.6) is 5.75 Å². The Hall–Kier alpha value is -3.98. The molecule has 0 aliphatic carbocycles. The molecule has 1 fully saturated rings. The molecule has 1 aliphatic heterocycles. The van der Waals surface area contributed by atoms with Gasteiger partial charge in [0.25, 0.3) is 17.4 Å². The number of amides is 1. The molecular weight excluding hydrogens is 438 g/mol. The predicted octanol–water partition coefficient (Wildman–Crippen LogP) is 3.53. The fourth-order valence-corrected chi connectivity index (χ4v) is 3.84. The van der Waals surface area contributed by atoms with Crippen LogP contribution in [0.4, 0.5) is 5.69 Å². The number of aliphatic hydroxyl groups is 1. The quantitative estimate of drug-likeness (QED) is 0.143. The highest BCUT2D eigenvalue weighted by atomic mass is 16.6. The third-order valence-electron chi connectivity index (χ3n) is 5.44. The Balaban J connectivity index is 2.07. The van der Waals surface area contributed by atoms with Gasteiger partial charge in [0.15, 0.2) is 0 Å². The Morgan fingerprint density at radius 1 is 1.24 bits per heavy atom. The van der Waals surface area contributed by atoms with Crippen LogP contribution in [0.1, 0.15) is 23.6 Å². The summed E-state index contributed by atoms with van der Waals surface area (Å²) in [6.45, 7) is 4.83. The molecule has 34 heavy (non-hydrogen) atoms. The highest BCUT2D eigenvalue weighted by Crippen LogP contribution is 2.40. The molecule has 1 amide bonds. The number of ketones is 1. The summed E-state index contributed by atoms with van der Waals surface area (Å²) < 4.78 is 5.45. The fourth-order valence-electron chi connectivity index (χ4n) is 3.84. The van der Waals surface area contributed by atoms with E-state index in [9.17, 15) is 24.8 Å². The number of carbonyl (C=O) groups excluding carboxylic acids is 2. The summed E-state index contributed by atoms with van der Waals surface area (Å²) in [7, 11) is 3.79. The number of nitro groups is 1. The maximum atomic E-state index is 13.0. The minimum absolute atomic E-state index is 0.102. The van der Waals surface area contributed by atoms with Crippen molar-refractivity contribution in [1.82, 2.24) is 9.80 Å². The molecule has 1 heterocycles. The van der Waals surface area contributed by atoms with Crippen molar-refractivity contribution in [2.75, 3.05) is 33.8 Å². The molecule has 1 N–H and O–H groups in total. The summed E-state index contributed by atoms with van der Waals surface area (Å²) in [6, 6.07) is 11.3. The van der Waals surface area contributed by atoms with E-state index in [1.165, 1.54) is 23.1 Å². The monoisotopic (exact) mass is 465 g/mol. The first-order valence-corrected chi connectivity index (χ1v) is 10.8. The van der Waals surface area contributed by atoms with Crippen LogP contribution in [0.25, 0.3) is 5.76 Å². The number of Topliss-reactive ketones (excluding diaryl/α,β-unsaturated/α-hetero) is 1. The van der Waals surface area contributed by atoms with Crippen LogP contribution >= 0.6 is 0 Å². The maximum absolute atomic E-state index is 13.0. The van der Waals surface area contributed by atoms with E-state index >= 15 is 0 Å². The van der Waals surface area contributed by atoms with Crippen LogP contribution in [-0.2, 0) is 9.59 Å². The zero-order valence-electron chi connectivity index (χ0n) is 19.1. The second-order valence-corrected chi connectivity index (χ2v) is 8.13. The molecule has 0 saturated carbocycles. The average Bonchev–Trinajstić information content (AvgIpc) is 3.07. The summed E-state index contributed by atoms with van der Waals surface area (Å²) in [4.78, 5) is 40.1. The van der Waals surface area contributed by atoms with Gasteiger partial charge in [-0.05, 0) is 56.9 Å². The van der Waals surface area contributed by atoms with Gasteiger partial charge in [-0.3, -0.25) is 19.7 Å². The summed E-state index contributed by atoms with van der Waals surface area (Å²) in [5.41, 5.74) is 0.439. The number of non-ortho nitro benzene ring substituents is 1. The highest BCUT2D eigenvalue weighted by molar-refractivity contribution is 6.46. The summed E-state index contributed by atoms with van der Waals surface area (Å²) in [6.07, 6.45) is 2.19. The maximum Gasteiger partial charge on any atom is 0.295 e. The summed E-state index contributed by atoms with van der Waals surface area (Å²) in [5, 5.41) is 22.4. The van der Waals surface area contributed by atoms with Gasteiger partial charge >= 0.3 is 0 Å². The van der Waals surface area contributed by atoms with E-state index < -0.39 is 22.7 Å². The topological polar surface area (TPSA) is 113 Å². The van der Waals surface area contributed by atoms with Crippen LogP contribution in [0.2, 0.25) is 0 Å². The van der Waals surface area contributed by atoms with E-state index in [2.05, 4.69) is 6.58 Å². The zero-order valence-corrected chi connectivity index (χ0v) is 19.1. The van der Waals surface area contributed by atoms with Gasteiger partial charge in [-0.1, -0.05) is 24.8 Å². The van der Waals surface area contributed by atoms with Gasteiger partial charge in [0, 0.05) is 24.2 Å². The first-order valence-electron chi connectivity index (χ1n) is 10.8. The number of hydrogen-bond acceptors (Lipinski definition) is 7. The number of ether oxygens (including phenoxy) is 1. The molecule has 1 saturated heterocycles. The van der Waals surface area contributed by atoms with Crippen molar-refractivity contribution in [2.24, 2.45) is 0 Å². The number of rotatable bonds is 10.